The molecule has 0 spiro atoms. The molecule has 0 saturated carbocycles. The lowest BCUT2D eigenvalue weighted by Gasteiger charge is -2.06. The minimum absolute atomic E-state index is 1.06. The molecule has 0 aliphatic carbocycles. The first-order valence-electron chi connectivity index (χ1n) is 4.58. The van der Waals surface area contributed by atoms with E-state index in [9.17, 15) is 0 Å². The average molecular weight is 170 g/mol. The van der Waals surface area contributed by atoms with Gasteiger partial charge in [0, 0.05) is 12.6 Å². The van der Waals surface area contributed by atoms with Crippen LogP contribution in [0, 0.1) is 0 Å². The van der Waals surface area contributed by atoms with E-state index in [1.807, 2.05) is 6.07 Å². The van der Waals surface area contributed by atoms with Crippen LogP contribution in [0.15, 0.2) is 30.3 Å². The van der Waals surface area contributed by atoms with Crippen molar-refractivity contribution in [2.24, 2.45) is 0 Å². The number of hydrogen-bond acceptors (Lipinski definition) is 1. The van der Waals surface area contributed by atoms with Crippen LogP contribution >= 0.6 is 0 Å². The van der Waals surface area contributed by atoms with Gasteiger partial charge in [0.15, 0.2) is 0 Å². The van der Waals surface area contributed by atoms with E-state index in [0.717, 1.165) is 18.4 Å². The van der Waals surface area contributed by atoms with Gasteiger partial charge in [0.1, 0.15) is 5.82 Å². The molecule has 13 heavy (non-hydrogen) atoms. The second-order valence-electron chi connectivity index (χ2n) is 3.31. The van der Waals surface area contributed by atoms with Crippen LogP contribution in [0.4, 0.5) is 0 Å². The normalized spacial score (nSPS) is 14.8. The molecule has 2 nitrogen and oxygen atoms in total. The van der Waals surface area contributed by atoms with Crippen molar-refractivity contribution in [2.45, 2.75) is 12.8 Å². The summed E-state index contributed by atoms with van der Waals surface area (Å²) in [4.78, 5) is 4.56. The Morgan fingerprint density at radius 3 is 3.15 bits per heavy atom. The molecule has 2 heteroatoms. The molecule has 1 aliphatic heterocycles. The highest BCUT2D eigenvalue weighted by molar-refractivity contribution is 5.78. The van der Waals surface area contributed by atoms with E-state index in [2.05, 4.69) is 40.0 Å². The van der Waals surface area contributed by atoms with E-state index < -0.39 is 0 Å². The van der Waals surface area contributed by atoms with Crippen LogP contribution in [0.3, 0.4) is 0 Å². The number of aromatic nitrogens is 2. The van der Waals surface area contributed by atoms with Crippen molar-refractivity contribution in [3.8, 4) is 0 Å². The molecule has 64 valence electrons. The molecule has 0 radical (unpaired) electrons. The van der Waals surface area contributed by atoms with Gasteiger partial charge in [0.05, 0.1) is 11.0 Å². The second-order valence-corrected chi connectivity index (χ2v) is 3.31. The van der Waals surface area contributed by atoms with Crippen molar-refractivity contribution in [1.29, 1.82) is 0 Å². The number of benzene rings is 1. The maximum absolute atomic E-state index is 4.56. The Morgan fingerprint density at radius 2 is 2.15 bits per heavy atom. The van der Waals surface area contributed by atoms with Crippen LogP contribution < -0.4 is 0 Å². The van der Waals surface area contributed by atoms with Crippen LogP contribution in [0.5, 0.6) is 0 Å². The number of hydrogen-bond donors (Lipinski definition) is 0. The van der Waals surface area contributed by atoms with Crippen molar-refractivity contribution < 1.29 is 0 Å². The lowest BCUT2D eigenvalue weighted by molar-refractivity contribution is 0.848. The largest absolute Gasteiger partial charge is 0.303 e. The minimum atomic E-state index is 1.06. The van der Waals surface area contributed by atoms with Crippen LogP contribution in [0.2, 0.25) is 0 Å². The molecular weight excluding hydrogens is 160 g/mol. The number of allylic oxidation sites excluding steroid dienone is 1. The lowest BCUT2D eigenvalue weighted by atomic mass is 10.2. The summed E-state index contributed by atoms with van der Waals surface area (Å²) < 4.78 is 2.18. The fourth-order valence-corrected chi connectivity index (χ4v) is 1.83. The van der Waals surface area contributed by atoms with Gasteiger partial charge in [-0.2, -0.15) is 0 Å². The first-order chi connectivity index (χ1) is 6.45. The number of para-hydroxylation sites is 2. The molecule has 0 saturated heterocycles. The first kappa shape index (κ1) is 6.89. The Hall–Kier alpha value is -1.57. The van der Waals surface area contributed by atoms with Gasteiger partial charge in [-0.25, -0.2) is 4.98 Å². The number of nitrogens with zero attached hydrogens (tertiary/aromatic N) is 2. The summed E-state index contributed by atoms with van der Waals surface area (Å²) in [6.07, 6.45) is 6.49. The Labute approximate surface area is 76.5 Å². The standard InChI is InChI=1S/C11H10N2/c1-2-6-10-9(5-1)12-11-7-3-4-8-13(10)11/h1-2,4-6,8H,3,7H2. The van der Waals surface area contributed by atoms with E-state index in [-0.39, 0.29) is 0 Å². The number of imidazole rings is 1. The monoisotopic (exact) mass is 170 g/mol. The van der Waals surface area contributed by atoms with Gasteiger partial charge >= 0.3 is 0 Å². The van der Waals surface area contributed by atoms with Gasteiger partial charge in [-0.3, -0.25) is 0 Å². The molecule has 0 bridgehead atoms. The summed E-state index contributed by atoms with van der Waals surface area (Å²) in [7, 11) is 0. The zero-order valence-corrected chi connectivity index (χ0v) is 7.27. The highest BCUT2D eigenvalue weighted by atomic mass is 15.1. The highest BCUT2D eigenvalue weighted by Crippen LogP contribution is 2.20. The van der Waals surface area contributed by atoms with Gasteiger partial charge < -0.3 is 4.57 Å². The van der Waals surface area contributed by atoms with E-state index >= 15 is 0 Å². The molecule has 2 heterocycles. The lowest BCUT2D eigenvalue weighted by Crippen LogP contribution is -2.00. The molecule has 3 rings (SSSR count). The number of aryl methyl sites for hydroxylation is 1. The second kappa shape index (κ2) is 2.46. The van der Waals surface area contributed by atoms with Gasteiger partial charge in [-0.05, 0) is 18.6 Å². The summed E-state index contributed by atoms with van der Waals surface area (Å²) in [6.45, 7) is 0. The Balaban J connectivity index is 2.42. The molecule has 0 fully saturated rings. The topological polar surface area (TPSA) is 17.8 Å². The fraction of sp³-hybridized carbons (Fsp3) is 0.182. The maximum Gasteiger partial charge on any atom is 0.114 e. The summed E-state index contributed by atoms with van der Waals surface area (Å²) in [5, 5.41) is 0. The molecule has 0 amide bonds. The van der Waals surface area contributed by atoms with Crippen LogP contribution in [-0.4, -0.2) is 9.55 Å². The third kappa shape index (κ3) is 0.917. The quantitative estimate of drug-likeness (QED) is 0.593. The third-order valence-corrected chi connectivity index (χ3v) is 2.46. The Bertz CT molecular complexity index is 480. The highest BCUT2D eigenvalue weighted by Gasteiger charge is 2.09. The summed E-state index contributed by atoms with van der Waals surface area (Å²) in [5.74, 6) is 1.18. The van der Waals surface area contributed by atoms with Crippen LogP contribution in [-0.2, 0) is 6.42 Å². The molecule has 2 aromatic rings. The van der Waals surface area contributed by atoms with Crippen molar-refractivity contribution in [1.82, 2.24) is 9.55 Å². The van der Waals surface area contributed by atoms with Crippen molar-refractivity contribution in [3.05, 3.63) is 36.2 Å². The SMILES string of the molecule is C1=Cn2c(nc3ccccc32)CC1. The average Bonchev–Trinajstić information content (AvgIpc) is 2.56. The number of rotatable bonds is 0. The van der Waals surface area contributed by atoms with Crippen molar-refractivity contribution in [2.75, 3.05) is 0 Å². The van der Waals surface area contributed by atoms with Crippen LogP contribution in [0.25, 0.3) is 17.2 Å². The summed E-state index contributed by atoms with van der Waals surface area (Å²) in [5.41, 5.74) is 2.32. The van der Waals surface area contributed by atoms with Gasteiger partial charge in [-0.1, -0.05) is 18.2 Å². The van der Waals surface area contributed by atoms with Crippen molar-refractivity contribution >= 4 is 17.2 Å². The van der Waals surface area contributed by atoms with Crippen molar-refractivity contribution in [3.63, 3.8) is 0 Å². The summed E-state index contributed by atoms with van der Waals surface area (Å²) in [6, 6.07) is 8.26. The van der Waals surface area contributed by atoms with E-state index in [0.29, 0.717) is 0 Å². The molecule has 1 aromatic carbocycles. The van der Waals surface area contributed by atoms with Gasteiger partial charge in [0.2, 0.25) is 0 Å². The van der Waals surface area contributed by atoms with E-state index in [4.69, 9.17) is 0 Å². The molecular formula is C11H10N2. The first-order valence-corrected chi connectivity index (χ1v) is 4.58. The van der Waals surface area contributed by atoms with E-state index in [1.165, 1.54) is 11.3 Å². The molecule has 0 atom stereocenters. The predicted molar refractivity (Wildman–Crippen MR) is 53.4 cm³/mol. The molecule has 1 aliphatic rings. The molecule has 0 unspecified atom stereocenters. The Kier molecular flexibility index (Phi) is 1.30. The molecule has 1 aromatic heterocycles. The van der Waals surface area contributed by atoms with Gasteiger partial charge in [0.25, 0.3) is 0 Å². The van der Waals surface area contributed by atoms with Gasteiger partial charge in [-0.15, -0.1) is 0 Å². The Morgan fingerprint density at radius 1 is 1.23 bits per heavy atom. The summed E-state index contributed by atoms with van der Waals surface area (Å²) >= 11 is 0. The number of fused-ring (bicyclic) bond motifs is 3. The minimum Gasteiger partial charge on any atom is -0.303 e. The van der Waals surface area contributed by atoms with E-state index in [1.54, 1.807) is 0 Å². The zero-order chi connectivity index (χ0) is 8.67. The predicted octanol–water partition coefficient (Wildman–Crippen LogP) is 2.45. The molecule has 0 N–H and O–H groups in total. The zero-order valence-electron chi connectivity index (χ0n) is 7.27. The van der Waals surface area contributed by atoms with Crippen LogP contribution in [0.1, 0.15) is 12.2 Å². The smallest absolute Gasteiger partial charge is 0.114 e. The maximum atomic E-state index is 4.56. The fourth-order valence-electron chi connectivity index (χ4n) is 1.83. The third-order valence-electron chi connectivity index (χ3n) is 2.46.